The molecule has 0 aromatic heterocycles. The summed E-state index contributed by atoms with van der Waals surface area (Å²) in [6.45, 7) is 4.32. The van der Waals surface area contributed by atoms with Crippen LogP contribution in [0, 0.1) is 25.2 Å². The van der Waals surface area contributed by atoms with E-state index in [-0.39, 0.29) is 0 Å². The zero-order valence-corrected chi connectivity index (χ0v) is 11.5. The van der Waals surface area contributed by atoms with E-state index in [1.54, 1.807) is 0 Å². The van der Waals surface area contributed by atoms with Gasteiger partial charge in [0.1, 0.15) is 0 Å². The van der Waals surface area contributed by atoms with Crippen LogP contribution in [0.15, 0.2) is 17.0 Å². The molecule has 1 heterocycles. The number of hydrogen-bond acceptors (Lipinski definition) is 3. The van der Waals surface area contributed by atoms with Gasteiger partial charge in [-0.05, 0) is 37.5 Å². The van der Waals surface area contributed by atoms with Crippen molar-refractivity contribution in [3.63, 3.8) is 0 Å². The molecule has 1 aliphatic rings. The minimum atomic E-state index is 0.494. The van der Waals surface area contributed by atoms with Gasteiger partial charge in [-0.15, -0.1) is 11.8 Å². The Labute approximate surface area is 108 Å². The Morgan fingerprint density at radius 3 is 2.94 bits per heavy atom. The lowest BCUT2D eigenvalue weighted by atomic mass is 10.1. The average molecular weight is 246 g/mol. The van der Waals surface area contributed by atoms with Crippen LogP contribution in [0.25, 0.3) is 0 Å². The molecule has 90 valence electrons. The lowest BCUT2D eigenvalue weighted by molar-refractivity contribution is 0.634. The Hall–Kier alpha value is -1.14. The van der Waals surface area contributed by atoms with Crippen molar-refractivity contribution < 1.29 is 0 Å². The SMILES string of the molecule is Cc1cc(C)c2c(c1)SCC(CCC#N)N2C. The third-order valence-electron chi connectivity index (χ3n) is 3.33. The van der Waals surface area contributed by atoms with Crippen LogP contribution in [-0.4, -0.2) is 18.8 Å². The van der Waals surface area contributed by atoms with Crippen LogP contribution < -0.4 is 4.90 Å². The first-order valence-corrected chi connectivity index (χ1v) is 6.96. The quantitative estimate of drug-likeness (QED) is 0.799. The Bertz CT molecular complexity index is 462. The van der Waals surface area contributed by atoms with E-state index in [1.807, 2.05) is 11.8 Å². The van der Waals surface area contributed by atoms with E-state index in [2.05, 4.69) is 44.0 Å². The Balaban J connectivity index is 2.29. The maximum atomic E-state index is 8.69. The largest absolute Gasteiger partial charge is 0.370 e. The molecule has 0 saturated heterocycles. The highest BCUT2D eigenvalue weighted by molar-refractivity contribution is 7.99. The van der Waals surface area contributed by atoms with Crippen molar-refractivity contribution in [2.75, 3.05) is 17.7 Å². The van der Waals surface area contributed by atoms with Gasteiger partial charge in [0.15, 0.2) is 0 Å². The van der Waals surface area contributed by atoms with Crippen molar-refractivity contribution in [1.29, 1.82) is 5.26 Å². The smallest absolute Gasteiger partial charge is 0.0622 e. The summed E-state index contributed by atoms with van der Waals surface area (Å²) in [5.74, 6) is 1.09. The van der Waals surface area contributed by atoms with Crippen molar-refractivity contribution >= 4 is 17.4 Å². The first-order valence-electron chi connectivity index (χ1n) is 5.97. The number of nitrogens with zero attached hydrogens (tertiary/aromatic N) is 2. The van der Waals surface area contributed by atoms with E-state index in [1.165, 1.54) is 21.7 Å². The Kier molecular flexibility index (Phi) is 3.63. The summed E-state index contributed by atoms with van der Waals surface area (Å²) in [5, 5.41) is 8.69. The molecule has 0 aliphatic carbocycles. The zero-order chi connectivity index (χ0) is 12.4. The molecule has 1 unspecified atom stereocenters. The molecule has 0 bridgehead atoms. The molecule has 0 N–H and O–H groups in total. The molecule has 0 radical (unpaired) electrons. The minimum Gasteiger partial charge on any atom is -0.370 e. The normalized spacial score (nSPS) is 18.7. The molecular formula is C14H18N2S. The van der Waals surface area contributed by atoms with Gasteiger partial charge in [0.05, 0.1) is 11.8 Å². The topological polar surface area (TPSA) is 27.0 Å². The summed E-state index contributed by atoms with van der Waals surface area (Å²) < 4.78 is 0. The predicted molar refractivity (Wildman–Crippen MR) is 73.7 cm³/mol. The monoisotopic (exact) mass is 246 g/mol. The molecule has 1 atom stereocenters. The minimum absolute atomic E-state index is 0.494. The number of nitriles is 1. The third-order valence-corrected chi connectivity index (χ3v) is 4.50. The highest BCUT2D eigenvalue weighted by atomic mass is 32.2. The zero-order valence-electron chi connectivity index (χ0n) is 10.7. The van der Waals surface area contributed by atoms with Gasteiger partial charge < -0.3 is 4.90 Å². The number of fused-ring (bicyclic) bond motifs is 1. The van der Waals surface area contributed by atoms with Crippen LogP contribution in [0.2, 0.25) is 0 Å². The fourth-order valence-corrected chi connectivity index (χ4v) is 3.94. The van der Waals surface area contributed by atoms with E-state index < -0.39 is 0 Å². The fraction of sp³-hybridized carbons (Fsp3) is 0.500. The van der Waals surface area contributed by atoms with Crippen LogP contribution >= 0.6 is 11.8 Å². The van der Waals surface area contributed by atoms with Crippen molar-refractivity contribution in [1.82, 2.24) is 0 Å². The Morgan fingerprint density at radius 1 is 1.47 bits per heavy atom. The van der Waals surface area contributed by atoms with Crippen LogP contribution in [-0.2, 0) is 0 Å². The highest BCUT2D eigenvalue weighted by Gasteiger charge is 2.25. The number of hydrogen-bond donors (Lipinski definition) is 0. The maximum absolute atomic E-state index is 8.69. The van der Waals surface area contributed by atoms with E-state index in [4.69, 9.17) is 5.26 Å². The molecule has 2 nitrogen and oxygen atoms in total. The van der Waals surface area contributed by atoms with E-state index in [9.17, 15) is 0 Å². The summed E-state index contributed by atoms with van der Waals surface area (Å²) in [5.41, 5.74) is 4.03. The summed E-state index contributed by atoms with van der Waals surface area (Å²) in [7, 11) is 2.16. The number of benzene rings is 1. The van der Waals surface area contributed by atoms with Gasteiger partial charge in [-0.25, -0.2) is 0 Å². The van der Waals surface area contributed by atoms with E-state index in [0.717, 1.165) is 12.2 Å². The number of aryl methyl sites for hydroxylation is 2. The summed E-state index contributed by atoms with van der Waals surface area (Å²) in [6.07, 6.45) is 1.61. The van der Waals surface area contributed by atoms with Gasteiger partial charge in [0, 0.05) is 30.2 Å². The maximum Gasteiger partial charge on any atom is 0.0622 e. The molecule has 0 fully saturated rings. The van der Waals surface area contributed by atoms with Crippen molar-refractivity contribution in [2.24, 2.45) is 0 Å². The highest BCUT2D eigenvalue weighted by Crippen LogP contribution is 2.40. The van der Waals surface area contributed by atoms with Gasteiger partial charge in [-0.2, -0.15) is 5.26 Å². The fourth-order valence-electron chi connectivity index (χ4n) is 2.47. The predicted octanol–water partition coefficient (Wildman–Crippen LogP) is 3.52. The second-order valence-corrected chi connectivity index (χ2v) is 5.76. The molecule has 0 amide bonds. The van der Waals surface area contributed by atoms with Crippen LogP contribution in [0.3, 0.4) is 0 Å². The van der Waals surface area contributed by atoms with E-state index in [0.29, 0.717) is 12.5 Å². The molecule has 3 heteroatoms. The standard InChI is InChI=1S/C14H18N2S/c1-10-7-11(2)14-13(8-10)17-9-12(16(14)3)5-4-6-15/h7-8,12H,4-5,9H2,1-3H3. The van der Waals surface area contributed by atoms with Gasteiger partial charge in [-0.3, -0.25) is 0 Å². The van der Waals surface area contributed by atoms with Gasteiger partial charge in [0.2, 0.25) is 0 Å². The third kappa shape index (κ3) is 2.42. The van der Waals surface area contributed by atoms with Crippen LogP contribution in [0.5, 0.6) is 0 Å². The second kappa shape index (κ2) is 5.01. The van der Waals surface area contributed by atoms with Gasteiger partial charge >= 0.3 is 0 Å². The molecule has 1 aliphatic heterocycles. The molecule has 17 heavy (non-hydrogen) atoms. The first-order chi connectivity index (χ1) is 8.13. The van der Waals surface area contributed by atoms with Gasteiger partial charge in [0.25, 0.3) is 0 Å². The lowest BCUT2D eigenvalue weighted by Gasteiger charge is -2.36. The van der Waals surface area contributed by atoms with Crippen molar-refractivity contribution in [3.8, 4) is 6.07 Å². The summed E-state index contributed by atoms with van der Waals surface area (Å²) in [6, 6.07) is 7.25. The molecule has 0 spiro atoms. The van der Waals surface area contributed by atoms with Gasteiger partial charge in [-0.1, -0.05) is 6.07 Å². The van der Waals surface area contributed by atoms with Crippen molar-refractivity contribution in [2.45, 2.75) is 37.6 Å². The van der Waals surface area contributed by atoms with Crippen LogP contribution in [0.4, 0.5) is 5.69 Å². The molecule has 0 saturated carbocycles. The van der Waals surface area contributed by atoms with Crippen molar-refractivity contribution in [3.05, 3.63) is 23.3 Å². The van der Waals surface area contributed by atoms with E-state index >= 15 is 0 Å². The number of rotatable bonds is 2. The molecular weight excluding hydrogens is 228 g/mol. The van der Waals surface area contributed by atoms with Crippen LogP contribution in [0.1, 0.15) is 24.0 Å². The summed E-state index contributed by atoms with van der Waals surface area (Å²) >= 11 is 1.93. The Morgan fingerprint density at radius 2 is 2.24 bits per heavy atom. The molecule has 1 aromatic rings. The second-order valence-electron chi connectivity index (χ2n) is 4.70. The number of anilines is 1. The first kappa shape index (κ1) is 12.3. The summed E-state index contributed by atoms with van der Waals surface area (Å²) in [4.78, 5) is 3.75. The molecule has 1 aromatic carbocycles. The lowest BCUT2D eigenvalue weighted by Crippen LogP contribution is -2.37. The molecule has 2 rings (SSSR count). The number of thioether (sulfide) groups is 1. The average Bonchev–Trinajstić information content (AvgIpc) is 2.27.